The van der Waals surface area contributed by atoms with Crippen LogP contribution in [0.1, 0.15) is 40.6 Å². The topological polar surface area (TPSA) is 124 Å². The smallest absolute Gasteiger partial charge is 0.262 e. The maximum Gasteiger partial charge on any atom is 0.262 e. The van der Waals surface area contributed by atoms with Crippen molar-refractivity contribution in [2.45, 2.75) is 44.3 Å². The van der Waals surface area contributed by atoms with Gasteiger partial charge in [0.15, 0.2) is 5.16 Å². The van der Waals surface area contributed by atoms with Crippen LogP contribution in [0.3, 0.4) is 0 Å². The molecule has 1 aliphatic carbocycles. The molecule has 0 aliphatic heterocycles. The number of fused-ring (bicyclic) bond motifs is 4. The highest BCUT2D eigenvalue weighted by molar-refractivity contribution is 7.99. The molecule has 0 spiro atoms. The van der Waals surface area contributed by atoms with Crippen molar-refractivity contribution in [3.05, 3.63) is 50.6 Å². The Morgan fingerprint density at radius 2 is 2.06 bits per heavy atom. The van der Waals surface area contributed by atoms with Crippen molar-refractivity contribution in [2.24, 2.45) is 5.73 Å². The molecule has 1 aliphatic rings. The van der Waals surface area contributed by atoms with Crippen molar-refractivity contribution in [3.8, 4) is 0 Å². The van der Waals surface area contributed by atoms with Gasteiger partial charge in [0.2, 0.25) is 11.7 Å². The molecule has 33 heavy (non-hydrogen) atoms. The van der Waals surface area contributed by atoms with Crippen molar-refractivity contribution < 1.29 is 9.59 Å². The van der Waals surface area contributed by atoms with Gasteiger partial charge in [-0.1, -0.05) is 30.8 Å². The van der Waals surface area contributed by atoms with E-state index in [0.717, 1.165) is 36.1 Å². The first-order valence-electron chi connectivity index (χ1n) is 10.7. The SMILES string of the molecule is CCCn1c(=O)c2ccccc2n2c(SCC(=O)Nc3sc4c(c3C(N)=O)CCC4)nnc12. The number of rotatable bonds is 7. The molecule has 0 bridgehead atoms. The number of aromatic nitrogens is 4. The number of carbonyl (C=O) groups excluding carboxylic acids is 2. The fraction of sp³-hybridized carbons (Fsp3) is 0.318. The lowest BCUT2D eigenvalue weighted by Crippen LogP contribution is -2.23. The summed E-state index contributed by atoms with van der Waals surface area (Å²) in [6.07, 6.45) is 3.50. The third-order valence-corrected chi connectivity index (χ3v) is 7.81. The highest BCUT2D eigenvalue weighted by Crippen LogP contribution is 2.39. The van der Waals surface area contributed by atoms with Gasteiger partial charge in [-0.05, 0) is 43.4 Å². The summed E-state index contributed by atoms with van der Waals surface area (Å²) < 4.78 is 3.44. The number of hydrogen-bond donors (Lipinski definition) is 2. The molecule has 0 radical (unpaired) electrons. The van der Waals surface area contributed by atoms with Crippen LogP contribution in [-0.4, -0.2) is 36.7 Å². The van der Waals surface area contributed by atoms with E-state index < -0.39 is 5.91 Å². The monoisotopic (exact) mass is 482 g/mol. The number of aryl methyl sites for hydroxylation is 2. The van der Waals surface area contributed by atoms with Crippen molar-refractivity contribution in [3.63, 3.8) is 0 Å². The van der Waals surface area contributed by atoms with Crippen LogP contribution < -0.4 is 16.6 Å². The van der Waals surface area contributed by atoms with Gasteiger partial charge in [-0.3, -0.25) is 23.4 Å². The zero-order valence-electron chi connectivity index (χ0n) is 18.0. The summed E-state index contributed by atoms with van der Waals surface area (Å²) in [5.41, 5.74) is 7.59. The lowest BCUT2D eigenvalue weighted by atomic mass is 10.1. The molecule has 3 heterocycles. The van der Waals surface area contributed by atoms with Gasteiger partial charge in [0, 0.05) is 11.4 Å². The largest absolute Gasteiger partial charge is 0.365 e. The number of thioether (sulfide) groups is 1. The Labute approximate surface area is 197 Å². The first-order valence-corrected chi connectivity index (χ1v) is 12.5. The lowest BCUT2D eigenvalue weighted by Gasteiger charge is -2.10. The number of primary amides is 1. The molecule has 0 unspecified atom stereocenters. The Balaban J connectivity index is 1.44. The molecule has 3 N–H and O–H groups in total. The zero-order chi connectivity index (χ0) is 23.1. The predicted octanol–water partition coefficient (Wildman–Crippen LogP) is 2.83. The van der Waals surface area contributed by atoms with E-state index in [1.165, 1.54) is 23.1 Å². The summed E-state index contributed by atoms with van der Waals surface area (Å²) >= 11 is 2.66. The molecule has 4 aromatic rings. The number of nitrogens with two attached hydrogens (primary N) is 1. The minimum atomic E-state index is -0.513. The molecule has 0 saturated carbocycles. The van der Waals surface area contributed by atoms with Crippen LogP contribution in [0.25, 0.3) is 16.7 Å². The minimum absolute atomic E-state index is 0.0722. The molecular formula is C22H22N6O3S2. The van der Waals surface area contributed by atoms with E-state index in [4.69, 9.17) is 5.73 Å². The van der Waals surface area contributed by atoms with Gasteiger partial charge in [-0.15, -0.1) is 21.5 Å². The van der Waals surface area contributed by atoms with Crippen molar-refractivity contribution in [1.29, 1.82) is 0 Å². The van der Waals surface area contributed by atoms with Gasteiger partial charge < -0.3 is 11.1 Å². The molecule has 3 aromatic heterocycles. The number of para-hydroxylation sites is 1. The van der Waals surface area contributed by atoms with Crippen molar-refractivity contribution in [1.82, 2.24) is 19.2 Å². The number of nitrogens with one attached hydrogen (secondary N) is 1. The Hall–Kier alpha value is -3.18. The van der Waals surface area contributed by atoms with Crippen LogP contribution in [0.4, 0.5) is 5.00 Å². The number of anilines is 1. The summed E-state index contributed by atoms with van der Waals surface area (Å²) in [6.45, 7) is 2.52. The van der Waals surface area contributed by atoms with Crippen LogP contribution >= 0.6 is 23.1 Å². The minimum Gasteiger partial charge on any atom is -0.365 e. The van der Waals surface area contributed by atoms with E-state index in [-0.39, 0.29) is 17.2 Å². The number of amides is 2. The average Bonchev–Trinajstić information content (AvgIpc) is 3.49. The van der Waals surface area contributed by atoms with E-state index >= 15 is 0 Å². The Morgan fingerprint density at radius 3 is 2.85 bits per heavy atom. The summed E-state index contributed by atoms with van der Waals surface area (Å²) in [5.74, 6) is -0.247. The maximum atomic E-state index is 12.9. The highest BCUT2D eigenvalue weighted by atomic mass is 32.2. The summed E-state index contributed by atoms with van der Waals surface area (Å²) in [5, 5.41) is 13.0. The molecule has 5 rings (SSSR count). The molecule has 9 nitrogen and oxygen atoms in total. The molecule has 0 fully saturated rings. The molecule has 0 saturated heterocycles. The second-order valence-electron chi connectivity index (χ2n) is 7.85. The number of carbonyl (C=O) groups is 2. The van der Waals surface area contributed by atoms with Gasteiger partial charge in [0.25, 0.3) is 11.5 Å². The summed E-state index contributed by atoms with van der Waals surface area (Å²) in [7, 11) is 0. The Morgan fingerprint density at radius 1 is 1.24 bits per heavy atom. The van der Waals surface area contributed by atoms with E-state index in [1.807, 2.05) is 29.5 Å². The van der Waals surface area contributed by atoms with Crippen LogP contribution in [0, 0.1) is 0 Å². The number of thiophene rings is 1. The third kappa shape index (κ3) is 3.70. The van der Waals surface area contributed by atoms with E-state index in [0.29, 0.717) is 38.9 Å². The first kappa shape index (κ1) is 21.7. The fourth-order valence-corrected chi connectivity index (χ4v) is 6.35. The molecule has 11 heteroatoms. The molecule has 0 atom stereocenters. The van der Waals surface area contributed by atoms with E-state index in [2.05, 4.69) is 15.5 Å². The van der Waals surface area contributed by atoms with Crippen LogP contribution in [0.5, 0.6) is 0 Å². The van der Waals surface area contributed by atoms with Gasteiger partial charge in [-0.2, -0.15) is 0 Å². The standard InChI is InChI=1S/C22H22N6O3S2/c1-2-10-27-20(31)12-6-3-4-8-14(12)28-21(27)25-26-22(28)32-11-16(29)24-19-17(18(23)30)13-7-5-9-15(13)33-19/h3-4,6,8H,2,5,7,9-11H2,1H3,(H2,23,30)(H,24,29). The maximum absolute atomic E-state index is 12.9. The van der Waals surface area contributed by atoms with Crippen molar-refractivity contribution in [2.75, 3.05) is 11.1 Å². The predicted molar refractivity (Wildman–Crippen MR) is 129 cm³/mol. The summed E-state index contributed by atoms with van der Waals surface area (Å²) in [4.78, 5) is 38.8. The number of nitrogens with zero attached hydrogens (tertiary/aromatic N) is 4. The summed E-state index contributed by atoms with van der Waals surface area (Å²) in [6, 6.07) is 7.31. The Bertz CT molecular complexity index is 1470. The third-order valence-electron chi connectivity index (χ3n) is 5.68. The average molecular weight is 483 g/mol. The lowest BCUT2D eigenvalue weighted by molar-refractivity contribution is -0.113. The first-order chi connectivity index (χ1) is 16.0. The van der Waals surface area contributed by atoms with Crippen LogP contribution in [0.2, 0.25) is 0 Å². The van der Waals surface area contributed by atoms with Crippen LogP contribution in [-0.2, 0) is 24.2 Å². The molecule has 1 aromatic carbocycles. The quantitative estimate of drug-likeness (QED) is 0.390. The van der Waals surface area contributed by atoms with Gasteiger partial charge >= 0.3 is 0 Å². The second-order valence-corrected chi connectivity index (χ2v) is 9.90. The second kappa shape index (κ2) is 8.64. The van der Waals surface area contributed by atoms with Gasteiger partial charge in [0.05, 0.1) is 22.2 Å². The van der Waals surface area contributed by atoms with Gasteiger partial charge in [0.1, 0.15) is 5.00 Å². The Kier molecular flexibility index (Phi) is 5.67. The number of benzene rings is 1. The van der Waals surface area contributed by atoms with Crippen molar-refractivity contribution >= 4 is 56.6 Å². The van der Waals surface area contributed by atoms with Gasteiger partial charge in [-0.25, -0.2) is 0 Å². The van der Waals surface area contributed by atoms with E-state index in [9.17, 15) is 14.4 Å². The number of hydrogen-bond acceptors (Lipinski definition) is 7. The van der Waals surface area contributed by atoms with E-state index in [1.54, 1.807) is 10.6 Å². The highest BCUT2D eigenvalue weighted by Gasteiger charge is 2.26. The normalized spacial score (nSPS) is 13.0. The fourth-order valence-electron chi connectivity index (χ4n) is 4.30. The molecule has 170 valence electrons. The zero-order valence-corrected chi connectivity index (χ0v) is 19.6. The molecular weight excluding hydrogens is 460 g/mol. The molecule has 2 amide bonds. The van der Waals surface area contributed by atoms with Crippen LogP contribution in [0.15, 0.2) is 34.2 Å².